The van der Waals surface area contributed by atoms with Gasteiger partial charge in [-0.05, 0) is 22.3 Å². The van der Waals surface area contributed by atoms with Crippen molar-refractivity contribution < 1.29 is 0 Å². The first-order valence-corrected chi connectivity index (χ1v) is 10.5. The zero-order valence-corrected chi connectivity index (χ0v) is 17.8. The van der Waals surface area contributed by atoms with Crippen molar-refractivity contribution in [3.05, 3.63) is 108 Å². The van der Waals surface area contributed by atoms with Crippen molar-refractivity contribution in [2.75, 3.05) is 11.5 Å². The van der Waals surface area contributed by atoms with Crippen molar-refractivity contribution in [3.8, 4) is 11.1 Å². The quantitative estimate of drug-likeness (QED) is 0.195. The number of fused-ring (bicyclic) bond motifs is 2. The van der Waals surface area contributed by atoms with Crippen LogP contribution in [-0.4, -0.2) is 0 Å². The monoisotopic (exact) mass is 401 g/mol. The maximum absolute atomic E-state index is 6.53. The number of nitrogen functional groups attached to an aromatic ring is 2. The molecular weight excluding hydrogens is 376 g/mol. The SMILES string of the molecule is CC(C)(c1ccccc1)c1ccc(-c2[c]c3c(N)c4ccccc4c(N)c3cc2)cc1. The van der Waals surface area contributed by atoms with E-state index in [1.54, 1.807) is 0 Å². The third-order valence-electron chi connectivity index (χ3n) is 6.43. The Balaban J connectivity index is 1.58. The number of nitrogens with two attached hydrogens (primary N) is 2. The molecule has 5 rings (SSSR count). The van der Waals surface area contributed by atoms with Crippen molar-refractivity contribution in [1.82, 2.24) is 0 Å². The van der Waals surface area contributed by atoms with Crippen LogP contribution in [0.15, 0.2) is 91.0 Å². The van der Waals surface area contributed by atoms with Gasteiger partial charge in [0.15, 0.2) is 0 Å². The van der Waals surface area contributed by atoms with Gasteiger partial charge in [0.2, 0.25) is 0 Å². The van der Waals surface area contributed by atoms with Crippen LogP contribution in [0.1, 0.15) is 25.0 Å². The molecule has 0 saturated carbocycles. The Kier molecular flexibility index (Phi) is 4.44. The third kappa shape index (κ3) is 3.12. The fourth-order valence-corrected chi connectivity index (χ4v) is 4.42. The molecule has 5 aromatic rings. The van der Waals surface area contributed by atoms with Crippen molar-refractivity contribution >= 4 is 32.9 Å². The zero-order valence-electron chi connectivity index (χ0n) is 17.8. The van der Waals surface area contributed by atoms with E-state index in [1.165, 1.54) is 11.1 Å². The van der Waals surface area contributed by atoms with Crippen LogP contribution in [0.5, 0.6) is 0 Å². The lowest BCUT2D eigenvalue weighted by Gasteiger charge is -2.26. The van der Waals surface area contributed by atoms with Crippen LogP contribution in [0, 0.1) is 6.07 Å². The molecule has 4 N–H and O–H groups in total. The average molecular weight is 402 g/mol. The number of benzene rings is 5. The molecule has 0 atom stereocenters. The molecule has 0 aromatic heterocycles. The maximum Gasteiger partial charge on any atom is 0.0481 e. The predicted octanol–water partition coefficient (Wildman–Crippen LogP) is 6.95. The van der Waals surface area contributed by atoms with Gasteiger partial charge in [-0.25, -0.2) is 0 Å². The fourth-order valence-electron chi connectivity index (χ4n) is 4.42. The van der Waals surface area contributed by atoms with Gasteiger partial charge in [-0.3, -0.25) is 0 Å². The largest absolute Gasteiger partial charge is 0.398 e. The van der Waals surface area contributed by atoms with Gasteiger partial charge in [-0.1, -0.05) is 105 Å². The van der Waals surface area contributed by atoms with Gasteiger partial charge >= 0.3 is 0 Å². The van der Waals surface area contributed by atoms with E-state index in [0.717, 1.165) is 44.0 Å². The van der Waals surface area contributed by atoms with Crippen molar-refractivity contribution in [3.63, 3.8) is 0 Å². The number of anilines is 2. The molecule has 0 aliphatic carbocycles. The first kappa shape index (κ1) is 19.2. The van der Waals surface area contributed by atoms with E-state index in [2.05, 4.69) is 86.6 Å². The molecule has 0 fully saturated rings. The second-order valence-corrected chi connectivity index (χ2v) is 8.60. The minimum atomic E-state index is -0.0648. The Hall–Kier alpha value is -3.78. The Morgan fingerprint density at radius 1 is 0.581 bits per heavy atom. The Labute approximate surface area is 183 Å². The lowest BCUT2D eigenvalue weighted by atomic mass is 9.78. The Bertz CT molecular complexity index is 1400. The van der Waals surface area contributed by atoms with Crippen LogP contribution in [0.4, 0.5) is 11.4 Å². The van der Waals surface area contributed by atoms with Gasteiger partial charge in [0, 0.05) is 44.4 Å². The van der Waals surface area contributed by atoms with Gasteiger partial charge in [-0.2, -0.15) is 0 Å². The van der Waals surface area contributed by atoms with E-state index < -0.39 is 0 Å². The summed E-state index contributed by atoms with van der Waals surface area (Å²) in [4.78, 5) is 0. The summed E-state index contributed by atoms with van der Waals surface area (Å²) in [5.74, 6) is 0. The molecular formula is C29H25N2. The van der Waals surface area contributed by atoms with Crippen LogP contribution < -0.4 is 11.5 Å². The molecule has 31 heavy (non-hydrogen) atoms. The van der Waals surface area contributed by atoms with E-state index in [1.807, 2.05) is 24.3 Å². The molecule has 0 amide bonds. The number of hydrogen-bond acceptors (Lipinski definition) is 2. The van der Waals surface area contributed by atoms with E-state index in [0.29, 0.717) is 0 Å². The van der Waals surface area contributed by atoms with Crippen LogP contribution >= 0.6 is 0 Å². The predicted molar refractivity (Wildman–Crippen MR) is 133 cm³/mol. The molecule has 0 aliphatic heterocycles. The normalized spacial score (nSPS) is 11.8. The smallest absolute Gasteiger partial charge is 0.0481 e. The highest BCUT2D eigenvalue weighted by atomic mass is 14.6. The molecule has 5 aromatic carbocycles. The van der Waals surface area contributed by atoms with E-state index in [-0.39, 0.29) is 5.41 Å². The molecule has 0 heterocycles. The number of rotatable bonds is 3. The minimum Gasteiger partial charge on any atom is -0.398 e. The third-order valence-corrected chi connectivity index (χ3v) is 6.43. The molecule has 0 saturated heterocycles. The summed E-state index contributed by atoms with van der Waals surface area (Å²) in [6.45, 7) is 4.52. The summed E-state index contributed by atoms with van der Waals surface area (Å²) in [5.41, 5.74) is 19.1. The van der Waals surface area contributed by atoms with Crippen LogP contribution in [-0.2, 0) is 5.41 Å². The maximum atomic E-state index is 6.53. The van der Waals surface area contributed by atoms with Crippen LogP contribution in [0.25, 0.3) is 32.7 Å². The summed E-state index contributed by atoms with van der Waals surface area (Å²) in [6, 6.07) is 35.0. The second kappa shape index (κ2) is 7.17. The molecule has 0 spiro atoms. The fraction of sp³-hybridized carbons (Fsp3) is 0.103. The van der Waals surface area contributed by atoms with E-state index in [4.69, 9.17) is 11.5 Å². The van der Waals surface area contributed by atoms with Crippen LogP contribution in [0.2, 0.25) is 0 Å². The van der Waals surface area contributed by atoms with E-state index in [9.17, 15) is 0 Å². The van der Waals surface area contributed by atoms with E-state index >= 15 is 0 Å². The summed E-state index contributed by atoms with van der Waals surface area (Å²) >= 11 is 0. The molecule has 2 nitrogen and oxygen atoms in total. The topological polar surface area (TPSA) is 52.0 Å². The number of hydrogen-bond donors (Lipinski definition) is 2. The van der Waals surface area contributed by atoms with Crippen molar-refractivity contribution in [2.24, 2.45) is 0 Å². The van der Waals surface area contributed by atoms with Gasteiger partial charge in [0.25, 0.3) is 0 Å². The highest BCUT2D eigenvalue weighted by Crippen LogP contribution is 2.38. The standard InChI is InChI=1S/C29H25N2/c1-29(2,21-8-4-3-5-9-21)22-15-12-19(13-16-22)20-14-17-25-26(18-20)28(31)24-11-7-6-10-23(24)27(25)30/h3-17H,30-31H2,1-2H3. The lowest BCUT2D eigenvalue weighted by molar-refractivity contribution is 0.641. The highest BCUT2D eigenvalue weighted by molar-refractivity contribution is 6.18. The Morgan fingerprint density at radius 2 is 1.16 bits per heavy atom. The molecule has 1 radical (unpaired) electrons. The highest BCUT2D eigenvalue weighted by Gasteiger charge is 2.22. The molecule has 0 unspecified atom stereocenters. The summed E-state index contributed by atoms with van der Waals surface area (Å²) < 4.78 is 0. The molecule has 0 aliphatic rings. The van der Waals surface area contributed by atoms with Crippen molar-refractivity contribution in [2.45, 2.75) is 19.3 Å². The summed E-state index contributed by atoms with van der Waals surface area (Å²) in [6.07, 6.45) is 0. The van der Waals surface area contributed by atoms with Gasteiger partial charge < -0.3 is 11.5 Å². The second-order valence-electron chi connectivity index (χ2n) is 8.60. The van der Waals surface area contributed by atoms with Crippen LogP contribution in [0.3, 0.4) is 0 Å². The molecule has 0 bridgehead atoms. The molecule has 2 heteroatoms. The van der Waals surface area contributed by atoms with Crippen molar-refractivity contribution in [1.29, 1.82) is 0 Å². The Morgan fingerprint density at radius 3 is 1.84 bits per heavy atom. The van der Waals surface area contributed by atoms with Gasteiger partial charge in [-0.15, -0.1) is 0 Å². The minimum absolute atomic E-state index is 0.0648. The molecule has 151 valence electrons. The van der Waals surface area contributed by atoms with Gasteiger partial charge in [0.05, 0.1) is 0 Å². The average Bonchev–Trinajstić information content (AvgIpc) is 2.83. The zero-order chi connectivity index (χ0) is 21.6. The first-order valence-electron chi connectivity index (χ1n) is 10.5. The lowest BCUT2D eigenvalue weighted by Crippen LogP contribution is -2.18. The summed E-state index contributed by atoms with van der Waals surface area (Å²) in [5, 5.41) is 3.78. The first-order chi connectivity index (χ1) is 15.0. The van der Waals surface area contributed by atoms with Gasteiger partial charge in [0.1, 0.15) is 0 Å². The summed E-state index contributed by atoms with van der Waals surface area (Å²) in [7, 11) is 0.